The van der Waals surface area contributed by atoms with E-state index in [0.29, 0.717) is 12.6 Å². The van der Waals surface area contributed by atoms with Crippen molar-refractivity contribution >= 4 is 0 Å². The molecule has 0 bridgehead atoms. The molecule has 0 unspecified atom stereocenters. The van der Waals surface area contributed by atoms with Crippen LogP contribution < -0.4 is 5.73 Å². The lowest BCUT2D eigenvalue weighted by Crippen LogP contribution is -2.00. The van der Waals surface area contributed by atoms with E-state index >= 15 is 0 Å². The Bertz CT molecular complexity index is 483. The number of hydrogen-bond donors (Lipinski definition) is 1. The van der Waals surface area contributed by atoms with Gasteiger partial charge in [0.05, 0.1) is 6.04 Å². The topological polar surface area (TPSA) is 69.6 Å². The molecular weight excluding hydrogens is 202 g/mol. The number of benzene rings is 1. The zero-order chi connectivity index (χ0) is 11.0. The third kappa shape index (κ3) is 1.59. The van der Waals surface area contributed by atoms with Crippen molar-refractivity contribution < 1.29 is 0 Å². The van der Waals surface area contributed by atoms with Crippen LogP contribution in [0, 0.1) is 0 Å². The third-order valence-electron chi connectivity index (χ3n) is 2.83. The minimum atomic E-state index is 0.499. The SMILES string of the molecule is NCc1ccc(-c2nnnn2C2CC2)cc1. The van der Waals surface area contributed by atoms with Crippen molar-refractivity contribution in [3.05, 3.63) is 29.8 Å². The van der Waals surface area contributed by atoms with Crippen LogP contribution in [0.15, 0.2) is 24.3 Å². The fourth-order valence-electron chi connectivity index (χ4n) is 1.74. The highest BCUT2D eigenvalue weighted by Gasteiger charge is 2.28. The van der Waals surface area contributed by atoms with Gasteiger partial charge in [0.25, 0.3) is 0 Å². The van der Waals surface area contributed by atoms with Crippen molar-refractivity contribution in [1.29, 1.82) is 0 Å². The molecule has 2 aromatic rings. The Labute approximate surface area is 93.3 Å². The Kier molecular flexibility index (Phi) is 2.18. The second-order valence-corrected chi connectivity index (χ2v) is 4.08. The minimum Gasteiger partial charge on any atom is -0.326 e. The third-order valence-corrected chi connectivity index (χ3v) is 2.83. The summed E-state index contributed by atoms with van der Waals surface area (Å²) in [6, 6.07) is 8.57. The van der Waals surface area contributed by atoms with Crippen molar-refractivity contribution in [2.45, 2.75) is 25.4 Å². The number of rotatable bonds is 3. The van der Waals surface area contributed by atoms with Gasteiger partial charge < -0.3 is 5.73 Å². The molecule has 5 nitrogen and oxygen atoms in total. The average molecular weight is 215 g/mol. The van der Waals surface area contributed by atoms with Gasteiger partial charge >= 0.3 is 0 Å². The van der Waals surface area contributed by atoms with E-state index in [1.807, 2.05) is 28.9 Å². The van der Waals surface area contributed by atoms with Gasteiger partial charge in [-0.15, -0.1) is 5.10 Å². The minimum absolute atomic E-state index is 0.499. The van der Waals surface area contributed by atoms with Crippen molar-refractivity contribution in [3.63, 3.8) is 0 Å². The lowest BCUT2D eigenvalue weighted by atomic mass is 10.1. The average Bonchev–Trinajstić information content (AvgIpc) is 3.07. The van der Waals surface area contributed by atoms with E-state index in [4.69, 9.17) is 5.73 Å². The summed E-state index contributed by atoms with van der Waals surface area (Å²) in [7, 11) is 0. The van der Waals surface area contributed by atoms with Gasteiger partial charge in [-0.1, -0.05) is 24.3 Å². The molecule has 1 aromatic heterocycles. The summed E-state index contributed by atoms with van der Waals surface area (Å²) in [6.45, 7) is 0.563. The molecule has 1 aromatic carbocycles. The molecule has 16 heavy (non-hydrogen) atoms. The van der Waals surface area contributed by atoms with Crippen molar-refractivity contribution in [3.8, 4) is 11.4 Å². The summed E-state index contributed by atoms with van der Waals surface area (Å²) in [6.07, 6.45) is 2.36. The molecule has 0 atom stereocenters. The summed E-state index contributed by atoms with van der Waals surface area (Å²) in [5, 5.41) is 11.8. The van der Waals surface area contributed by atoms with Crippen LogP contribution in [0.2, 0.25) is 0 Å². The Balaban J connectivity index is 1.97. The predicted molar refractivity (Wildman–Crippen MR) is 59.4 cm³/mol. The molecule has 0 saturated heterocycles. The summed E-state index contributed by atoms with van der Waals surface area (Å²) < 4.78 is 1.91. The highest BCUT2D eigenvalue weighted by atomic mass is 15.6. The summed E-state index contributed by atoms with van der Waals surface area (Å²) in [4.78, 5) is 0. The largest absolute Gasteiger partial charge is 0.326 e. The van der Waals surface area contributed by atoms with Gasteiger partial charge in [-0.25, -0.2) is 4.68 Å². The lowest BCUT2D eigenvalue weighted by molar-refractivity contribution is 0.615. The highest BCUT2D eigenvalue weighted by molar-refractivity contribution is 5.55. The number of nitrogens with two attached hydrogens (primary N) is 1. The fourth-order valence-corrected chi connectivity index (χ4v) is 1.74. The maximum Gasteiger partial charge on any atom is 0.182 e. The van der Waals surface area contributed by atoms with Crippen LogP contribution in [-0.2, 0) is 6.54 Å². The van der Waals surface area contributed by atoms with E-state index in [0.717, 1.165) is 17.0 Å². The summed E-state index contributed by atoms with van der Waals surface area (Å²) in [5.41, 5.74) is 7.73. The van der Waals surface area contributed by atoms with Crippen LogP contribution in [0.3, 0.4) is 0 Å². The maximum absolute atomic E-state index is 5.56. The molecule has 0 amide bonds. The van der Waals surface area contributed by atoms with Gasteiger partial charge in [-0.2, -0.15) is 0 Å². The molecule has 3 rings (SSSR count). The first kappa shape index (κ1) is 9.47. The molecule has 2 N–H and O–H groups in total. The van der Waals surface area contributed by atoms with Crippen LogP contribution in [0.25, 0.3) is 11.4 Å². The van der Waals surface area contributed by atoms with Crippen LogP contribution in [0.1, 0.15) is 24.4 Å². The number of hydrogen-bond acceptors (Lipinski definition) is 4. The molecule has 1 aliphatic rings. The van der Waals surface area contributed by atoms with E-state index in [2.05, 4.69) is 15.5 Å². The molecule has 0 radical (unpaired) electrons. The molecule has 1 aliphatic carbocycles. The first-order valence-electron chi connectivity index (χ1n) is 5.46. The molecule has 0 spiro atoms. The Morgan fingerprint density at radius 1 is 1.25 bits per heavy atom. The Morgan fingerprint density at radius 2 is 2.00 bits per heavy atom. The van der Waals surface area contributed by atoms with Crippen molar-refractivity contribution in [2.75, 3.05) is 0 Å². The van der Waals surface area contributed by atoms with E-state index in [9.17, 15) is 0 Å². The number of nitrogens with zero attached hydrogens (tertiary/aromatic N) is 4. The van der Waals surface area contributed by atoms with Crippen LogP contribution in [0.4, 0.5) is 0 Å². The predicted octanol–water partition coefficient (Wildman–Crippen LogP) is 1.13. The molecular formula is C11H13N5. The highest BCUT2D eigenvalue weighted by Crippen LogP contribution is 2.36. The van der Waals surface area contributed by atoms with Gasteiger partial charge in [0.1, 0.15) is 0 Å². The molecule has 1 saturated carbocycles. The lowest BCUT2D eigenvalue weighted by Gasteiger charge is -2.03. The zero-order valence-corrected chi connectivity index (χ0v) is 8.87. The molecule has 1 heterocycles. The first-order valence-corrected chi connectivity index (χ1v) is 5.46. The smallest absolute Gasteiger partial charge is 0.182 e. The van der Waals surface area contributed by atoms with E-state index in [1.165, 1.54) is 12.8 Å². The summed E-state index contributed by atoms with van der Waals surface area (Å²) >= 11 is 0. The molecule has 82 valence electrons. The van der Waals surface area contributed by atoms with Crippen LogP contribution in [0.5, 0.6) is 0 Å². The second kappa shape index (κ2) is 3.68. The van der Waals surface area contributed by atoms with Crippen LogP contribution >= 0.6 is 0 Å². The zero-order valence-electron chi connectivity index (χ0n) is 8.87. The van der Waals surface area contributed by atoms with Gasteiger partial charge in [0, 0.05) is 12.1 Å². The maximum atomic E-state index is 5.56. The van der Waals surface area contributed by atoms with Crippen LogP contribution in [-0.4, -0.2) is 20.2 Å². The van der Waals surface area contributed by atoms with Crippen molar-refractivity contribution in [1.82, 2.24) is 20.2 Å². The Hall–Kier alpha value is -1.75. The summed E-state index contributed by atoms with van der Waals surface area (Å²) in [5.74, 6) is 0.853. The van der Waals surface area contributed by atoms with Gasteiger partial charge in [-0.05, 0) is 28.8 Å². The monoisotopic (exact) mass is 215 g/mol. The van der Waals surface area contributed by atoms with Gasteiger partial charge in [-0.3, -0.25) is 0 Å². The van der Waals surface area contributed by atoms with E-state index in [1.54, 1.807) is 0 Å². The number of tetrazole rings is 1. The molecule has 1 fully saturated rings. The van der Waals surface area contributed by atoms with E-state index in [-0.39, 0.29) is 0 Å². The van der Waals surface area contributed by atoms with Crippen molar-refractivity contribution in [2.24, 2.45) is 5.73 Å². The molecule has 5 heteroatoms. The fraction of sp³-hybridized carbons (Fsp3) is 0.364. The van der Waals surface area contributed by atoms with E-state index < -0.39 is 0 Å². The normalized spacial score (nSPS) is 15.3. The first-order chi connectivity index (χ1) is 7.88. The second-order valence-electron chi connectivity index (χ2n) is 4.08. The number of aromatic nitrogens is 4. The van der Waals surface area contributed by atoms with Gasteiger partial charge in [0.2, 0.25) is 0 Å². The Morgan fingerprint density at radius 3 is 2.62 bits per heavy atom. The standard InChI is InChI=1S/C11H13N5/c12-7-8-1-3-9(4-2-8)11-13-14-15-16(11)10-5-6-10/h1-4,10H,5-7,12H2. The van der Waals surface area contributed by atoms with Gasteiger partial charge in [0.15, 0.2) is 5.82 Å². The quantitative estimate of drug-likeness (QED) is 0.833. The molecule has 0 aliphatic heterocycles.